The van der Waals surface area contributed by atoms with Gasteiger partial charge in [-0.25, -0.2) is 0 Å². The van der Waals surface area contributed by atoms with Crippen molar-refractivity contribution in [3.05, 3.63) is 59.1 Å². The highest BCUT2D eigenvalue weighted by atomic mass is 35.5. The molecule has 0 aliphatic carbocycles. The topological polar surface area (TPSA) is 36.4 Å². The third kappa shape index (κ3) is 3.48. The average molecular weight is 274 g/mol. The number of hydrogen-bond donors (Lipinski definition) is 2. The standard InChI is InChI=1S/C15H16ClN3/c1-11(18-19-13-6-4-3-5-7-13)14-10-12(16)8-9-15(14)17-2/h3-10,17,19H,1-2H3/b18-11+. The van der Waals surface area contributed by atoms with Gasteiger partial charge in [-0.3, -0.25) is 5.43 Å². The highest BCUT2D eigenvalue weighted by Crippen LogP contribution is 2.21. The number of halogens is 1. The Kier molecular flexibility index (Phi) is 4.42. The zero-order valence-electron chi connectivity index (χ0n) is 10.9. The summed E-state index contributed by atoms with van der Waals surface area (Å²) in [7, 11) is 1.88. The highest BCUT2D eigenvalue weighted by molar-refractivity contribution is 6.31. The number of rotatable bonds is 4. The lowest BCUT2D eigenvalue weighted by Crippen LogP contribution is -2.04. The summed E-state index contributed by atoms with van der Waals surface area (Å²) in [5.41, 5.74) is 6.84. The maximum absolute atomic E-state index is 6.03. The van der Waals surface area contributed by atoms with E-state index in [2.05, 4.69) is 15.8 Å². The molecule has 2 N–H and O–H groups in total. The number of hydrogen-bond acceptors (Lipinski definition) is 3. The smallest absolute Gasteiger partial charge is 0.0669 e. The van der Waals surface area contributed by atoms with Gasteiger partial charge in [0.2, 0.25) is 0 Å². The van der Waals surface area contributed by atoms with Gasteiger partial charge in [-0.2, -0.15) is 5.10 Å². The number of anilines is 2. The minimum Gasteiger partial charge on any atom is -0.388 e. The maximum Gasteiger partial charge on any atom is 0.0669 e. The molecule has 0 saturated carbocycles. The van der Waals surface area contributed by atoms with Crippen LogP contribution in [-0.2, 0) is 0 Å². The normalized spacial score (nSPS) is 11.2. The van der Waals surface area contributed by atoms with Gasteiger partial charge in [-0.15, -0.1) is 0 Å². The number of benzene rings is 2. The minimum absolute atomic E-state index is 0.697. The van der Waals surface area contributed by atoms with Crippen molar-refractivity contribution >= 4 is 28.7 Å². The first-order chi connectivity index (χ1) is 9.20. The molecule has 2 aromatic carbocycles. The van der Waals surface area contributed by atoms with Crippen LogP contribution in [0, 0.1) is 0 Å². The van der Waals surface area contributed by atoms with Gasteiger partial charge in [0.25, 0.3) is 0 Å². The van der Waals surface area contributed by atoms with E-state index in [0.29, 0.717) is 5.02 Å². The summed E-state index contributed by atoms with van der Waals surface area (Å²) >= 11 is 6.03. The van der Waals surface area contributed by atoms with E-state index >= 15 is 0 Å². The van der Waals surface area contributed by atoms with Crippen LogP contribution in [0.5, 0.6) is 0 Å². The van der Waals surface area contributed by atoms with Crippen LogP contribution in [-0.4, -0.2) is 12.8 Å². The van der Waals surface area contributed by atoms with Crippen LogP contribution in [0.1, 0.15) is 12.5 Å². The fourth-order valence-electron chi connectivity index (χ4n) is 1.76. The van der Waals surface area contributed by atoms with Gasteiger partial charge in [-0.05, 0) is 37.3 Å². The van der Waals surface area contributed by atoms with Crippen LogP contribution in [0.4, 0.5) is 11.4 Å². The third-order valence-electron chi connectivity index (χ3n) is 2.77. The Morgan fingerprint density at radius 3 is 2.53 bits per heavy atom. The van der Waals surface area contributed by atoms with Crippen molar-refractivity contribution in [3.8, 4) is 0 Å². The molecule has 0 fully saturated rings. The fraction of sp³-hybridized carbons (Fsp3) is 0.133. The van der Waals surface area contributed by atoms with Gasteiger partial charge in [0.05, 0.1) is 11.4 Å². The molecule has 3 nitrogen and oxygen atoms in total. The number of hydrazone groups is 1. The van der Waals surface area contributed by atoms with Crippen molar-refractivity contribution in [2.45, 2.75) is 6.92 Å². The Hall–Kier alpha value is -2.00. The van der Waals surface area contributed by atoms with Crippen LogP contribution in [0.15, 0.2) is 53.6 Å². The Balaban J connectivity index is 2.23. The summed E-state index contributed by atoms with van der Waals surface area (Å²) in [6, 6.07) is 15.5. The van der Waals surface area contributed by atoms with Crippen LogP contribution >= 0.6 is 11.6 Å². The van der Waals surface area contributed by atoms with Crippen molar-refractivity contribution in [1.82, 2.24) is 0 Å². The fourth-order valence-corrected chi connectivity index (χ4v) is 1.93. The van der Waals surface area contributed by atoms with Gasteiger partial charge >= 0.3 is 0 Å². The van der Waals surface area contributed by atoms with E-state index in [9.17, 15) is 0 Å². The summed E-state index contributed by atoms with van der Waals surface area (Å²) in [6.07, 6.45) is 0. The first-order valence-electron chi connectivity index (χ1n) is 6.03. The van der Waals surface area contributed by atoms with Crippen molar-refractivity contribution in [3.63, 3.8) is 0 Å². The second-order valence-corrected chi connectivity index (χ2v) is 4.55. The van der Waals surface area contributed by atoms with Crippen molar-refractivity contribution in [2.75, 3.05) is 17.8 Å². The third-order valence-corrected chi connectivity index (χ3v) is 3.00. The molecule has 0 atom stereocenters. The van der Waals surface area contributed by atoms with E-state index in [1.165, 1.54) is 0 Å². The van der Waals surface area contributed by atoms with Crippen LogP contribution < -0.4 is 10.7 Å². The Labute approximate surface area is 118 Å². The summed E-state index contributed by atoms with van der Waals surface area (Å²) in [4.78, 5) is 0. The Bertz CT molecular complexity index is 579. The molecule has 0 amide bonds. The van der Waals surface area contributed by atoms with Gasteiger partial charge in [0.15, 0.2) is 0 Å². The number of para-hydroxylation sites is 1. The monoisotopic (exact) mass is 273 g/mol. The van der Waals surface area contributed by atoms with E-state index < -0.39 is 0 Å². The lowest BCUT2D eigenvalue weighted by Gasteiger charge is -2.09. The molecule has 0 aromatic heterocycles. The molecule has 0 unspecified atom stereocenters. The second kappa shape index (κ2) is 6.25. The maximum atomic E-state index is 6.03. The van der Waals surface area contributed by atoms with Gasteiger partial charge in [0, 0.05) is 23.3 Å². The number of nitrogens with one attached hydrogen (secondary N) is 2. The summed E-state index contributed by atoms with van der Waals surface area (Å²) in [5, 5.41) is 8.21. The predicted molar refractivity (Wildman–Crippen MR) is 83.3 cm³/mol. The molecule has 4 heteroatoms. The number of nitrogens with zero attached hydrogens (tertiary/aromatic N) is 1. The van der Waals surface area contributed by atoms with Crippen molar-refractivity contribution in [2.24, 2.45) is 5.10 Å². The van der Waals surface area contributed by atoms with Crippen LogP contribution in [0.25, 0.3) is 0 Å². The van der Waals surface area contributed by atoms with E-state index in [-0.39, 0.29) is 0 Å². The lowest BCUT2D eigenvalue weighted by atomic mass is 10.1. The van der Waals surface area contributed by atoms with Crippen LogP contribution in [0.2, 0.25) is 5.02 Å². The largest absolute Gasteiger partial charge is 0.388 e. The zero-order chi connectivity index (χ0) is 13.7. The molecule has 19 heavy (non-hydrogen) atoms. The quantitative estimate of drug-likeness (QED) is 0.646. The molecule has 0 spiro atoms. The van der Waals surface area contributed by atoms with E-state index in [1.54, 1.807) is 0 Å². The molecule has 98 valence electrons. The predicted octanol–water partition coefficient (Wildman–Crippen LogP) is 4.22. The molecule has 0 aliphatic rings. The Morgan fingerprint density at radius 2 is 1.84 bits per heavy atom. The van der Waals surface area contributed by atoms with Crippen LogP contribution in [0.3, 0.4) is 0 Å². The SMILES string of the molecule is CNc1ccc(Cl)cc1/C(C)=N/Nc1ccccc1. The molecule has 0 radical (unpaired) electrons. The summed E-state index contributed by atoms with van der Waals surface area (Å²) < 4.78 is 0. The first-order valence-corrected chi connectivity index (χ1v) is 6.41. The zero-order valence-corrected chi connectivity index (χ0v) is 11.7. The van der Waals surface area contributed by atoms with E-state index in [0.717, 1.165) is 22.6 Å². The molecule has 0 heterocycles. The molecular formula is C15H16ClN3. The van der Waals surface area contributed by atoms with Gasteiger partial charge in [0.1, 0.15) is 0 Å². The van der Waals surface area contributed by atoms with E-state index in [1.807, 2.05) is 62.5 Å². The molecule has 2 aromatic rings. The summed E-state index contributed by atoms with van der Waals surface area (Å²) in [5.74, 6) is 0. The highest BCUT2D eigenvalue weighted by Gasteiger charge is 2.05. The lowest BCUT2D eigenvalue weighted by molar-refractivity contribution is 1.32. The first kappa shape index (κ1) is 13.4. The Morgan fingerprint density at radius 1 is 1.11 bits per heavy atom. The van der Waals surface area contributed by atoms with Gasteiger partial charge in [-0.1, -0.05) is 29.8 Å². The van der Waals surface area contributed by atoms with Crippen molar-refractivity contribution in [1.29, 1.82) is 0 Å². The van der Waals surface area contributed by atoms with Crippen molar-refractivity contribution < 1.29 is 0 Å². The molecule has 0 aliphatic heterocycles. The molecule has 2 rings (SSSR count). The molecule has 0 bridgehead atoms. The average Bonchev–Trinajstić information content (AvgIpc) is 2.46. The second-order valence-electron chi connectivity index (χ2n) is 4.11. The van der Waals surface area contributed by atoms with E-state index in [4.69, 9.17) is 11.6 Å². The molecular weight excluding hydrogens is 258 g/mol. The molecule has 0 saturated heterocycles. The summed E-state index contributed by atoms with van der Waals surface area (Å²) in [6.45, 7) is 1.95. The van der Waals surface area contributed by atoms with Gasteiger partial charge < -0.3 is 5.32 Å². The minimum atomic E-state index is 0.697.